The van der Waals surface area contributed by atoms with E-state index in [1.54, 1.807) is 0 Å². The highest BCUT2D eigenvalue weighted by Gasteiger charge is 2.40. The van der Waals surface area contributed by atoms with Crippen LogP contribution in [-0.4, -0.2) is 11.8 Å². The molecule has 3 aromatic carbocycles. The summed E-state index contributed by atoms with van der Waals surface area (Å²) >= 11 is 5.88. The number of carbonyl (C=O) groups excluding carboxylic acids is 2. The minimum atomic E-state index is -4.59. The first-order valence-corrected chi connectivity index (χ1v) is 9.62. The van der Waals surface area contributed by atoms with E-state index in [1.165, 1.54) is 48.5 Å². The Hall–Kier alpha value is -3.65. The van der Waals surface area contributed by atoms with E-state index in [9.17, 15) is 27.2 Å². The van der Waals surface area contributed by atoms with Gasteiger partial charge in [-0.15, -0.1) is 0 Å². The standard InChI is InChI=1S/C23H13ClF4N2O2/c24-15-6-10-18(11-7-15)30-21(31)19(13-4-8-16(25)9-5-13)20(22(30)32)29-17-3-1-2-14(12-17)23(26,27)28/h1-12,29H. The summed E-state index contributed by atoms with van der Waals surface area (Å²) in [6.45, 7) is 0. The fourth-order valence-electron chi connectivity index (χ4n) is 3.27. The molecule has 0 aromatic heterocycles. The summed E-state index contributed by atoms with van der Waals surface area (Å²) in [5, 5.41) is 3.05. The second-order valence-electron chi connectivity index (χ2n) is 6.88. The summed E-state index contributed by atoms with van der Waals surface area (Å²) in [4.78, 5) is 27.3. The van der Waals surface area contributed by atoms with Gasteiger partial charge in [-0.05, 0) is 60.2 Å². The predicted octanol–water partition coefficient (Wildman–Crippen LogP) is 5.89. The fourth-order valence-corrected chi connectivity index (χ4v) is 3.40. The van der Waals surface area contributed by atoms with Crippen LogP contribution in [0.4, 0.5) is 28.9 Å². The SMILES string of the molecule is O=C1C(Nc2cccc(C(F)(F)F)c2)=C(c2ccc(F)cc2)C(=O)N1c1ccc(Cl)cc1. The molecule has 0 bridgehead atoms. The normalized spacial score (nSPS) is 14.3. The van der Waals surface area contributed by atoms with E-state index >= 15 is 0 Å². The van der Waals surface area contributed by atoms with Gasteiger partial charge in [-0.1, -0.05) is 29.8 Å². The molecule has 2 amide bonds. The van der Waals surface area contributed by atoms with E-state index in [1.807, 2.05) is 0 Å². The van der Waals surface area contributed by atoms with Crippen LogP contribution in [0.3, 0.4) is 0 Å². The third-order valence-electron chi connectivity index (χ3n) is 4.76. The maximum absolute atomic E-state index is 13.4. The van der Waals surface area contributed by atoms with Crippen molar-refractivity contribution in [3.63, 3.8) is 0 Å². The molecule has 0 saturated carbocycles. The summed E-state index contributed by atoms with van der Waals surface area (Å²) in [6, 6.07) is 15.0. The molecule has 1 aliphatic rings. The lowest BCUT2D eigenvalue weighted by molar-refractivity contribution is -0.137. The van der Waals surface area contributed by atoms with Crippen molar-refractivity contribution in [2.24, 2.45) is 0 Å². The number of benzene rings is 3. The second-order valence-corrected chi connectivity index (χ2v) is 7.32. The Morgan fingerprint density at radius 3 is 2.12 bits per heavy atom. The summed E-state index contributed by atoms with van der Waals surface area (Å²) < 4.78 is 52.7. The number of hydrogen-bond acceptors (Lipinski definition) is 3. The van der Waals surface area contributed by atoms with Crippen LogP contribution < -0.4 is 10.2 Å². The maximum atomic E-state index is 13.4. The molecule has 32 heavy (non-hydrogen) atoms. The molecule has 0 radical (unpaired) electrons. The molecule has 3 aromatic rings. The quantitative estimate of drug-likeness (QED) is 0.390. The maximum Gasteiger partial charge on any atom is 0.416 e. The molecule has 4 rings (SSSR count). The number of carbonyl (C=O) groups is 2. The van der Waals surface area contributed by atoms with Gasteiger partial charge in [0.05, 0.1) is 16.8 Å². The van der Waals surface area contributed by atoms with Crippen molar-refractivity contribution >= 4 is 40.4 Å². The number of rotatable bonds is 4. The molecule has 162 valence electrons. The average Bonchev–Trinajstić information content (AvgIpc) is 2.99. The van der Waals surface area contributed by atoms with Gasteiger partial charge in [0.15, 0.2) is 0 Å². The first-order valence-electron chi connectivity index (χ1n) is 9.24. The Bertz CT molecular complexity index is 1240. The zero-order valence-electron chi connectivity index (χ0n) is 16.1. The van der Waals surface area contributed by atoms with E-state index in [0.717, 1.165) is 29.2 Å². The number of nitrogens with zero attached hydrogens (tertiary/aromatic N) is 1. The van der Waals surface area contributed by atoms with Crippen LogP contribution in [0, 0.1) is 5.82 Å². The molecule has 1 N–H and O–H groups in total. The largest absolute Gasteiger partial charge is 0.416 e. The number of alkyl halides is 3. The summed E-state index contributed by atoms with van der Waals surface area (Å²) in [5.74, 6) is -2.03. The molecule has 0 saturated heterocycles. The van der Waals surface area contributed by atoms with Crippen molar-refractivity contribution in [2.75, 3.05) is 10.2 Å². The lowest BCUT2D eigenvalue weighted by atomic mass is 10.0. The topological polar surface area (TPSA) is 49.4 Å². The Kier molecular flexibility index (Phi) is 5.48. The molecular formula is C23H13ClF4N2O2. The molecule has 0 fully saturated rings. The molecular weight excluding hydrogens is 448 g/mol. The van der Waals surface area contributed by atoms with E-state index in [4.69, 9.17) is 11.6 Å². The van der Waals surface area contributed by atoms with Crippen molar-refractivity contribution in [1.82, 2.24) is 0 Å². The van der Waals surface area contributed by atoms with Gasteiger partial charge in [0.25, 0.3) is 11.8 Å². The number of amides is 2. The Morgan fingerprint density at radius 1 is 0.844 bits per heavy atom. The Labute approximate surface area is 184 Å². The van der Waals surface area contributed by atoms with Crippen LogP contribution >= 0.6 is 11.6 Å². The number of imide groups is 1. The lowest BCUT2D eigenvalue weighted by Gasteiger charge is -2.15. The highest BCUT2D eigenvalue weighted by atomic mass is 35.5. The van der Waals surface area contributed by atoms with Crippen molar-refractivity contribution in [3.8, 4) is 0 Å². The van der Waals surface area contributed by atoms with Gasteiger partial charge < -0.3 is 5.32 Å². The third-order valence-corrected chi connectivity index (χ3v) is 5.01. The monoisotopic (exact) mass is 460 g/mol. The van der Waals surface area contributed by atoms with E-state index in [0.29, 0.717) is 5.02 Å². The van der Waals surface area contributed by atoms with Gasteiger partial charge in [-0.25, -0.2) is 9.29 Å². The molecule has 9 heteroatoms. The minimum Gasteiger partial charge on any atom is -0.350 e. The van der Waals surface area contributed by atoms with Crippen LogP contribution in [0.5, 0.6) is 0 Å². The lowest BCUT2D eigenvalue weighted by Crippen LogP contribution is -2.32. The highest BCUT2D eigenvalue weighted by molar-refractivity contribution is 6.46. The van der Waals surface area contributed by atoms with Crippen LogP contribution in [0.15, 0.2) is 78.5 Å². The third kappa shape index (κ3) is 4.09. The fraction of sp³-hybridized carbons (Fsp3) is 0.0435. The first-order chi connectivity index (χ1) is 15.1. The molecule has 0 unspecified atom stereocenters. The zero-order chi connectivity index (χ0) is 23.0. The van der Waals surface area contributed by atoms with Gasteiger partial charge in [0.2, 0.25) is 0 Å². The molecule has 1 heterocycles. The van der Waals surface area contributed by atoms with Crippen molar-refractivity contribution in [2.45, 2.75) is 6.18 Å². The minimum absolute atomic E-state index is 0.0338. The Morgan fingerprint density at radius 2 is 1.50 bits per heavy atom. The summed E-state index contributed by atoms with van der Waals surface area (Å²) in [5.41, 5.74) is -0.815. The predicted molar refractivity (Wildman–Crippen MR) is 112 cm³/mol. The van der Waals surface area contributed by atoms with E-state index < -0.39 is 29.4 Å². The van der Waals surface area contributed by atoms with Gasteiger partial charge >= 0.3 is 6.18 Å². The van der Waals surface area contributed by atoms with Gasteiger partial charge in [-0.2, -0.15) is 13.2 Å². The van der Waals surface area contributed by atoms with Crippen LogP contribution in [-0.2, 0) is 15.8 Å². The van der Waals surface area contributed by atoms with Crippen molar-refractivity contribution in [1.29, 1.82) is 0 Å². The number of hydrogen-bond donors (Lipinski definition) is 1. The van der Waals surface area contributed by atoms with Gasteiger partial charge in [0, 0.05) is 10.7 Å². The van der Waals surface area contributed by atoms with E-state index in [2.05, 4.69) is 5.32 Å². The Balaban J connectivity index is 1.81. The van der Waals surface area contributed by atoms with E-state index in [-0.39, 0.29) is 28.2 Å². The molecule has 4 nitrogen and oxygen atoms in total. The van der Waals surface area contributed by atoms with Crippen molar-refractivity contribution < 1.29 is 27.2 Å². The zero-order valence-corrected chi connectivity index (χ0v) is 16.8. The van der Waals surface area contributed by atoms with Crippen LogP contribution in [0.2, 0.25) is 5.02 Å². The molecule has 0 aliphatic carbocycles. The molecule has 0 spiro atoms. The van der Waals surface area contributed by atoms with Crippen LogP contribution in [0.25, 0.3) is 5.57 Å². The average molecular weight is 461 g/mol. The van der Waals surface area contributed by atoms with Crippen LogP contribution in [0.1, 0.15) is 11.1 Å². The number of halogens is 5. The first kappa shape index (κ1) is 21.6. The summed E-state index contributed by atoms with van der Waals surface area (Å²) in [6.07, 6.45) is -4.59. The van der Waals surface area contributed by atoms with Gasteiger partial charge in [-0.3, -0.25) is 9.59 Å². The molecule has 0 atom stereocenters. The van der Waals surface area contributed by atoms with Crippen molar-refractivity contribution in [3.05, 3.63) is 100 Å². The number of nitrogens with one attached hydrogen (secondary N) is 1. The molecule has 1 aliphatic heterocycles. The smallest absolute Gasteiger partial charge is 0.350 e. The van der Waals surface area contributed by atoms with Gasteiger partial charge in [0.1, 0.15) is 11.5 Å². The second kappa shape index (κ2) is 8.12. The number of anilines is 2. The summed E-state index contributed by atoms with van der Waals surface area (Å²) in [7, 11) is 0. The highest BCUT2D eigenvalue weighted by Crippen LogP contribution is 2.36.